The van der Waals surface area contributed by atoms with Crippen LogP contribution >= 0.6 is 11.3 Å². The van der Waals surface area contributed by atoms with E-state index in [-0.39, 0.29) is 31.6 Å². The zero-order chi connectivity index (χ0) is 26.2. The molecule has 0 bridgehead atoms. The largest absolute Gasteiger partial charge is 0.390 e. The van der Waals surface area contributed by atoms with Gasteiger partial charge in [-0.15, -0.1) is 0 Å². The Labute approximate surface area is 214 Å². The fourth-order valence-electron chi connectivity index (χ4n) is 4.63. The van der Waals surface area contributed by atoms with Crippen molar-refractivity contribution in [3.63, 3.8) is 0 Å². The minimum Gasteiger partial charge on any atom is -0.390 e. The molecule has 0 aromatic carbocycles. The summed E-state index contributed by atoms with van der Waals surface area (Å²) in [7, 11) is 0. The van der Waals surface area contributed by atoms with E-state index in [4.69, 9.17) is 5.73 Å². The molecule has 4 N–H and O–H groups in total. The summed E-state index contributed by atoms with van der Waals surface area (Å²) < 4.78 is 15.9. The van der Waals surface area contributed by atoms with Gasteiger partial charge in [0, 0.05) is 38.0 Å². The number of hydrogen-bond acceptors (Lipinski definition) is 9. The first-order chi connectivity index (χ1) is 17.8. The van der Waals surface area contributed by atoms with Crippen LogP contribution in [0.5, 0.6) is 0 Å². The number of fused-ring (bicyclic) bond motifs is 1. The summed E-state index contributed by atoms with van der Waals surface area (Å²) in [6.07, 6.45) is 6.58. The van der Waals surface area contributed by atoms with E-state index in [2.05, 4.69) is 31.8 Å². The lowest BCUT2D eigenvalue weighted by Gasteiger charge is -2.37. The molecule has 2 unspecified atom stereocenters. The number of pyridine rings is 2. The maximum Gasteiger partial charge on any atom is 0.246 e. The zero-order valence-electron chi connectivity index (χ0n) is 19.5. The van der Waals surface area contributed by atoms with Crippen molar-refractivity contribution in [3.05, 3.63) is 61.6 Å². The number of carbonyl (C=O) groups is 2. The topological polar surface area (TPSA) is 152 Å². The Hall–Kier alpha value is -4.23. The maximum absolute atomic E-state index is 14.1. The van der Waals surface area contributed by atoms with E-state index in [1.807, 2.05) is 0 Å². The lowest BCUT2D eigenvalue weighted by atomic mass is 9.88. The lowest BCUT2D eigenvalue weighted by Crippen LogP contribution is -2.61. The number of nitrogens with two attached hydrogens (primary N) is 1. The van der Waals surface area contributed by atoms with Gasteiger partial charge in [-0.1, -0.05) is 17.9 Å². The number of imidazole rings is 1. The lowest BCUT2D eigenvalue weighted by molar-refractivity contribution is -0.145. The maximum atomic E-state index is 14.1. The third kappa shape index (κ3) is 4.32. The predicted molar refractivity (Wildman–Crippen MR) is 135 cm³/mol. The van der Waals surface area contributed by atoms with Crippen molar-refractivity contribution in [1.29, 1.82) is 0 Å². The number of nitrogens with zero attached hydrogens (tertiary/aromatic N) is 6. The molecule has 1 saturated heterocycles. The summed E-state index contributed by atoms with van der Waals surface area (Å²) in [5.74, 6) is -1.19. The molecule has 1 aliphatic heterocycles. The first-order valence-corrected chi connectivity index (χ1v) is 12.2. The average Bonchev–Trinajstić information content (AvgIpc) is 3.60. The molecule has 0 radical (unpaired) electrons. The highest BCUT2D eigenvalue weighted by molar-refractivity contribution is 7.18. The minimum atomic E-state index is -1.55. The van der Waals surface area contributed by atoms with Gasteiger partial charge < -0.3 is 25.6 Å². The van der Waals surface area contributed by atoms with E-state index >= 15 is 0 Å². The fourth-order valence-corrected chi connectivity index (χ4v) is 5.45. The molecule has 37 heavy (non-hydrogen) atoms. The van der Waals surface area contributed by atoms with Gasteiger partial charge in [-0.3, -0.25) is 14.6 Å². The molecule has 5 rings (SSSR count). The number of amides is 2. The highest BCUT2D eigenvalue weighted by Gasteiger charge is 2.54. The molecule has 4 aromatic rings. The summed E-state index contributed by atoms with van der Waals surface area (Å²) in [6, 6.07) is 4.62. The number of halogens is 1. The highest BCUT2D eigenvalue weighted by Crippen LogP contribution is 2.35. The van der Waals surface area contributed by atoms with Crippen LogP contribution in [0.25, 0.3) is 21.6 Å². The SMILES string of the molecule is C=CC(=O)N1CCC(O)C1(CCn1cnc2cnc(Nc3ncc(-c4ncccc4F)s3)cc21)C(N)=O. The van der Waals surface area contributed by atoms with Crippen LogP contribution in [0, 0.1) is 5.82 Å². The van der Waals surface area contributed by atoms with Crippen molar-refractivity contribution in [3.8, 4) is 10.6 Å². The summed E-state index contributed by atoms with van der Waals surface area (Å²) >= 11 is 1.23. The van der Waals surface area contributed by atoms with Gasteiger partial charge in [0.15, 0.2) is 5.13 Å². The molecular weight excluding hydrogens is 499 g/mol. The normalized spacial score (nSPS) is 19.3. The first-order valence-electron chi connectivity index (χ1n) is 11.4. The monoisotopic (exact) mass is 522 g/mol. The zero-order valence-corrected chi connectivity index (χ0v) is 20.4. The summed E-state index contributed by atoms with van der Waals surface area (Å²) in [4.78, 5) is 43.9. The Kier molecular flexibility index (Phi) is 6.39. The van der Waals surface area contributed by atoms with Crippen molar-refractivity contribution in [2.24, 2.45) is 5.73 Å². The third-order valence-corrected chi connectivity index (χ3v) is 7.42. The quantitative estimate of drug-likeness (QED) is 0.298. The number of anilines is 2. The Morgan fingerprint density at radius 1 is 1.32 bits per heavy atom. The fraction of sp³-hybridized carbons (Fsp3) is 0.250. The number of aryl methyl sites for hydroxylation is 1. The van der Waals surface area contributed by atoms with E-state index in [9.17, 15) is 19.1 Å². The molecule has 1 fully saturated rings. The number of aliphatic hydroxyl groups excluding tert-OH is 1. The molecule has 1 aliphatic rings. The Bertz CT molecular complexity index is 1500. The first kappa shape index (κ1) is 24.5. The van der Waals surface area contributed by atoms with Gasteiger partial charge in [0.05, 0.1) is 29.0 Å². The van der Waals surface area contributed by atoms with Gasteiger partial charge in [-0.25, -0.2) is 19.3 Å². The smallest absolute Gasteiger partial charge is 0.246 e. The molecule has 11 nitrogen and oxygen atoms in total. The number of thiazole rings is 1. The van der Waals surface area contributed by atoms with E-state index in [1.165, 1.54) is 40.8 Å². The number of rotatable bonds is 8. The Morgan fingerprint density at radius 2 is 2.16 bits per heavy atom. The molecule has 4 aromatic heterocycles. The number of nitrogens with one attached hydrogen (secondary N) is 1. The van der Waals surface area contributed by atoms with E-state index in [1.54, 1.807) is 23.2 Å². The molecule has 2 amide bonds. The van der Waals surface area contributed by atoms with Gasteiger partial charge in [-0.05, 0) is 24.6 Å². The van der Waals surface area contributed by atoms with Crippen molar-refractivity contribution >= 4 is 45.1 Å². The Balaban J connectivity index is 1.38. The van der Waals surface area contributed by atoms with Crippen molar-refractivity contribution in [2.75, 3.05) is 11.9 Å². The molecule has 0 spiro atoms. The van der Waals surface area contributed by atoms with Crippen molar-refractivity contribution in [1.82, 2.24) is 29.4 Å². The van der Waals surface area contributed by atoms with Gasteiger partial charge >= 0.3 is 0 Å². The second-order valence-electron chi connectivity index (χ2n) is 8.52. The number of hydrogen-bond donors (Lipinski definition) is 3. The van der Waals surface area contributed by atoms with Gasteiger partial charge in [0.25, 0.3) is 0 Å². The van der Waals surface area contributed by atoms with E-state index in [0.717, 1.165) is 6.08 Å². The molecule has 2 atom stereocenters. The van der Waals surface area contributed by atoms with E-state index < -0.39 is 29.3 Å². The number of likely N-dealkylation sites (tertiary alicyclic amines) is 1. The van der Waals surface area contributed by atoms with Crippen LogP contribution in [0.15, 0.2) is 55.8 Å². The number of aromatic nitrogens is 5. The average molecular weight is 523 g/mol. The third-order valence-electron chi connectivity index (χ3n) is 6.50. The number of primary amides is 1. The van der Waals surface area contributed by atoms with Crippen LogP contribution in [0.3, 0.4) is 0 Å². The van der Waals surface area contributed by atoms with E-state index in [0.29, 0.717) is 26.9 Å². The molecular formula is C24H23FN8O3S. The molecule has 0 aliphatic carbocycles. The highest BCUT2D eigenvalue weighted by atomic mass is 32.1. The van der Waals surface area contributed by atoms with Crippen LogP contribution in [-0.4, -0.2) is 64.5 Å². The van der Waals surface area contributed by atoms with Crippen molar-refractivity contribution in [2.45, 2.75) is 31.0 Å². The number of aliphatic hydroxyl groups is 1. The second-order valence-corrected chi connectivity index (χ2v) is 9.55. The predicted octanol–water partition coefficient (Wildman–Crippen LogP) is 2.23. The number of carbonyl (C=O) groups excluding carboxylic acids is 2. The molecule has 13 heteroatoms. The van der Waals surface area contributed by atoms with Crippen molar-refractivity contribution < 1.29 is 19.1 Å². The van der Waals surface area contributed by atoms with Crippen LogP contribution in [0.1, 0.15) is 12.8 Å². The van der Waals surface area contributed by atoms with Gasteiger partial charge in [-0.2, -0.15) is 0 Å². The standard InChI is InChI=1S/C24H23FN8O3S/c1-2-20(35)33-8-5-18(34)24(33,22(26)36)6-9-32-13-30-15-11-28-19(10-16(15)32)31-23-29-12-17(37-23)21-14(25)4-3-7-27-21/h2-4,7,10-13,18,34H,1,5-6,8-9H2,(H2,26,36)(H,28,29,31). The van der Waals surface area contributed by atoms with Crippen LogP contribution in [0.2, 0.25) is 0 Å². The molecule has 0 saturated carbocycles. The Morgan fingerprint density at radius 3 is 2.92 bits per heavy atom. The van der Waals surface area contributed by atoms with Gasteiger partial charge in [0.1, 0.15) is 28.4 Å². The molecule has 5 heterocycles. The van der Waals surface area contributed by atoms with Crippen LogP contribution < -0.4 is 11.1 Å². The molecule has 190 valence electrons. The van der Waals surface area contributed by atoms with Crippen LogP contribution in [0.4, 0.5) is 15.3 Å². The van der Waals surface area contributed by atoms with Gasteiger partial charge in [0.2, 0.25) is 11.8 Å². The van der Waals surface area contributed by atoms with Crippen LogP contribution in [-0.2, 0) is 16.1 Å². The second kappa shape index (κ2) is 9.67. The summed E-state index contributed by atoms with van der Waals surface area (Å²) in [5, 5.41) is 14.3. The minimum absolute atomic E-state index is 0.0884. The summed E-state index contributed by atoms with van der Waals surface area (Å²) in [6.45, 7) is 3.95. The summed E-state index contributed by atoms with van der Waals surface area (Å²) in [5.41, 5.74) is 5.71.